The van der Waals surface area contributed by atoms with E-state index in [9.17, 15) is 4.79 Å². The monoisotopic (exact) mass is 570 g/mol. The van der Waals surface area contributed by atoms with Crippen molar-refractivity contribution in [2.24, 2.45) is 17.5 Å². The van der Waals surface area contributed by atoms with Crippen molar-refractivity contribution in [3.63, 3.8) is 0 Å². The molecule has 0 aliphatic rings. The number of rotatable bonds is 11. The Kier molecular flexibility index (Phi) is 12.2. The molecule has 2 rings (SSSR count). The number of nitrogens with one attached hydrogen (secondary N) is 3. The van der Waals surface area contributed by atoms with Crippen LogP contribution in [0, 0.1) is 12.3 Å². The van der Waals surface area contributed by atoms with E-state index in [2.05, 4.69) is 55.2 Å². The van der Waals surface area contributed by atoms with Crippen LogP contribution in [0.5, 0.6) is 0 Å². The maximum absolute atomic E-state index is 12.3. The van der Waals surface area contributed by atoms with E-state index in [1.165, 1.54) is 5.69 Å². The molecule has 0 fully saturated rings. The van der Waals surface area contributed by atoms with Gasteiger partial charge >= 0.3 is 0 Å². The standard InChI is InChI=1S/C23H38N8O.HI/c1-7-24-21(32)23(3,4)17-27-22(26-16-20-29-28-18(2)31(20)6)25-14-11-15-30(5)19-12-9-8-10-13-19;/h8-10,12-13H,7,11,14-17H2,1-6H3,(H,24,32)(H2,25,26,27);1H. The van der Waals surface area contributed by atoms with Gasteiger partial charge in [0.15, 0.2) is 11.8 Å². The molecule has 0 atom stereocenters. The van der Waals surface area contributed by atoms with E-state index in [4.69, 9.17) is 0 Å². The third-order valence-corrected chi connectivity index (χ3v) is 5.37. The van der Waals surface area contributed by atoms with E-state index >= 15 is 0 Å². The highest BCUT2D eigenvalue weighted by molar-refractivity contribution is 14.0. The Labute approximate surface area is 214 Å². The summed E-state index contributed by atoms with van der Waals surface area (Å²) in [5.41, 5.74) is 0.633. The normalized spacial score (nSPS) is 11.5. The van der Waals surface area contributed by atoms with Crippen molar-refractivity contribution in [2.75, 3.05) is 38.1 Å². The summed E-state index contributed by atoms with van der Waals surface area (Å²) in [6, 6.07) is 10.3. The van der Waals surface area contributed by atoms with Crippen molar-refractivity contribution in [2.45, 2.75) is 40.7 Å². The van der Waals surface area contributed by atoms with Gasteiger partial charge in [-0.1, -0.05) is 18.2 Å². The summed E-state index contributed by atoms with van der Waals surface area (Å²) in [5, 5.41) is 17.9. The molecule has 1 heterocycles. The molecule has 184 valence electrons. The van der Waals surface area contributed by atoms with Crippen LogP contribution in [0.4, 0.5) is 5.69 Å². The van der Waals surface area contributed by atoms with Crippen LogP contribution >= 0.6 is 24.0 Å². The first-order valence-corrected chi connectivity index (χ1v) is 11.2. The number of hydrogen-bond donors (Lipinski definition) is 3. The molecule has 0 radical (unpaired) electrons. The molecule has 10 heteroatoms. The number of aryl methyl sites for hydroxylation is 1. The summed E-state index contributed by atoms with van der Waals surface area (Å²) in [4.78, 5) is 19.2. The van der Waals surface area contributed by atoms with Gasteiger partial charge in [0.25, 0.3) is 0 Å². The van der Waals surface area contributed by atoms with Crippen molar-refractivity contribution in [3.8, 4) is 0 Å². The van der Waals surface area contributed by atoms with Crippen molar-refractivity contribution in [1.82, 2.24) is 30.7 Å². The van der Waals surface area contributed by atoms with E-state index in [0.29, 0.717) is 25.6 Å². The number of hydrogen-bond acceptors (Lipinski definition) is 5. The Morgan fingerprint density at radius 3 is 2.45 bits per heavy atom. The minimum absolute atomic E-state index is 0. The Morgan fingerprint density at radius 2 is 1.85 bits per heavy atom. The van der Waals surface area contributed by atoms with Crippen LogP contribution in [0.15, 0.2) is 35.3 Å². The van der Waals surface area contributed by atoms with Gasteiger partial charge in [0.2, 0.25) is 5.91 Å². The van der Waals surface area contributed by atoms with E-state index in [-0.39, 0.29) is 29.9 Å². The van der Waals surface area contributed by atoms with Gasteiger partial charge in [-0.05, 0) is 46.2 Å². The SMILES string of the molecule is CCNC(=O)C(C)(C)CNC(=NCc1nnc(C)n1C)NCCCN(C)c1ccccc1.I. The van der Waals surface area contributed by atoms with Crippen molar-refractivity contribution in [1.29, 1.82) is 0 Å². The minimum Gasteiger partial charge on any atom is -0.375 e. The third-order valence-electron chi connectivity index (χ3n) is 5.37. The molecule has 1 aromatic carbocycles. The quantitative estimate of drug-likeness (QED) is 0.166. The van der Waals surface area contributed by atoms with E-state index in [0.717, 1.165) is 31.2 Å². The maximum Gasteiger partial charge on any atom is 0.227 e. The van der Waals surface area contributed by atoms with Gasteiger partial charge in [0.05, 0.1) is 5.41 Å². The summed E-state index contributed by atoms with van der Waals surface area (Å²) in [6.45, 7) is 10.8. The number of aromatic nitrogens is 3. The summed E-state index contributed by atoms with van der Waals surface area (Å²) in [6.07, 6.45) is 0.939. The molecule has 33 heavy (non-hydrogen) atoms. The summed E-state index contributed by atoms with van der Waals surface area (Å²) in [7, 11) is 4.02. The topological polar surface area (TPSA) is 99.5 Å². The molecule has 2 aromatic rings. The first-order valence-electron chi connectivity index (χ1n) is 11.2. The largest absolute Gasteiger partial charge is 0.375 e. The Morgan fingerprint density at radius 1 is 1.15 bits per heavy atom. The highest BCUT2D eigenvalue weighted by atomic mass is 127. The number of aliphatic imine (C=N–C) groups is 1. The molecule has 0 aliphatic heterocycles. The first kappa shape index (κ1) is 28.7. The zero-order chi connectivity index (χ0) is 23.6. The molecule has 0 spiro atoms. The third kappa shape index (κ3) is 9.18. The number of carbonyl (C=O) groups is 1. The van der Waals surface area contributed by atoms with Crippen LogP contribution in [0.2, 0.25) is 0 Å². The molecule has 0 saturated heterocycles. The highest BCUT2D eigenvalue weighted by Crippen LogP contribution is 2.13. The van der Waals surface area contributed by atoms with Crippen LogP contribution in [-0.4, -0.2) is 59.9 Å². The smallest absolute Gasteiger partial charge is 0.227 e. The fourth-order valence-corrected chi connectivity index (χ4v) is 3.03. The van der Waals surface area contributed by atoms with Crippen molar-refractivity contribution in [3.05, 3.63) is 42.0 Å². The van der Waals surface area contributed by atoms with Crippen LogP contribution in [0.1, 0.15) is 38.8 Å². The second-order valence-electron chi connectivity index (χ2n) is 8.52. The van der Waals surface area contributed by atoms with E-state index < -0.39 is 5.41 Å². The van der Waals surface area contributed by atoms with E-state index in [1.54, 1.807) is 0 Å². The van der Waals surface area contributed by atoms with Gasteiger partial charge < -0.3 is 25.4 Å². The second kappa shape index (κ2) is 14.0. The van der Waals surface area contributed by atoms with Crippen LogP contribution in [0.25, 0.3) is 0 Å². The fraction of sp³-hybridized carbons (Fsp3) is 0.565. The number of para-hydroxylation sites is 1. The number of benzene rings is 1. The van der Waals surface area contributed by atoms with Gasteiger partial charge in [0, 0.05) is 46.0 Å². The van der Waals surface area contributed by atoms with Crippen LogP contribution < -0.4 is 20.9 Å². The van der Waals surface area contributed by atoms with Gasteiger partial charge in [-0.25, -0.2) is 4.99 Å². The van der Waals surface area contributed by atoms with Crippen molar-refractivity contribution >= 4 is 41.5 Å². The predicted molar refractivity (Wildman–Crippen MR) is 145 cm³/mol. The van der Waals surface area contributed by atoms with Gasteiger partial charge in [0.1, 0.15) is 12.4 Å². The van der Waals surface area contributed by atoms with Gasteiger partial charge in [-0.15, -0.1) is 34.2 Å². The first-order chi connectivity index (χ1) is 15.2. The average molecular weight is 571 g/mol. The number of guanidine groups is 1. The molecule has 0 aliphatic carbocycles. The molecule has 3 N–H and O–H groups in total. The number of anilines is 1. The van der Waals surface area contributed by atoms with Crippen LogP contribution in [0.3, 0.4) is 0 Å². The lowest BCUT2D eigenvalue weighted by Crippen LogP contribution is -2.48. The predicted octanol–water partition coefficient (Wildman–Crippen LogP) is 2.47. The lowest BCUT2D eigenvalue weighted by atomic mass is 9.92. The number of carbonyl (C=O) groups excluding carboxylic acids is 1. The molecule has 9 nitrogen and oxygen atoms in total. The molecule has 0 bridgehead atoms. The van der Waals surface area contributed by atoms with Crippen molar-refractivity contribution < 1.29 is 4.79 Å². The van der Waals surface area contributed by atoms with Crippen LogP contribution in [-0.2, 0) is 18.4 Å². The zero-order valence-corrected chi connectivity index (χ0v) is 23.0. The zero-order valence-electron chi connectivity index (χ0n) is 20.7. The van der Waals surface area contributed by atoms with Gasteiger partial charge in [-0.3, -0.25) is 4.79 Å². The molecule has 1 amide bonds. The fourth-order valence-electron chi connectivity index (χ4n) is 3.03. The average Bonchev–Trinajstić information content (AvgIpc) is 3.10. The summed E-state index contributed by atoms with van der Waals surface area (Å²) >= 11 is 0. The van der Waals surface area contributed by atoms with Gasteiger partial charge in [-0.2, -0.15) is 0 Å². The maximum atomic E-state index is 12.3. The highest BCUT2D eigenvalue weighted by Gasteiger charge is 2.27. The Bertz CT molecular complexity index is 882. The summed E-state index contributed by atoms with van der Waals surface area (Å²) in [5.74, 6) is 2.31. The van der Waals surface area contributed by atoms with E-state index in [1.807, 2.05) is 57.5 Å². The Hall–Kier alpha value is -2.37. The second-order valence-corrected chi connectivity index (χ2v) is 8.52. The molecule has 1 aromatic heterocycles. The molecular formula is C23H39IN8O. The number of nitrogens with zero attached hydrogens (tertiary/aromatic N) is 5. The molecule has 0 unspecified atom stereocenters. The lowest BCUT2D eigenvalue weighted by Gasteiger charge is -2.25. The number of amides is 1. The summed E-state index contributed by atoms with van der Waals surface area (Å²) < 4.78 is 1.93. The minimum atomic E-state index is -0.562. The molecule has 0 saturated carbocycles. The lowest BCUT2D eigenvalue weighted by molar-refractivity contribution is -0.128. The molecular weight excluding hydrogens is 531 g/mol. The number of halogens is 1. The Balaban J connectivity index is 0.00000544.